The van der Waals surface area contributed by atoms with Crippen molar-refractivity contribution in [3.8, 4) is 0 Å². The summed E-state index contributed by atoms with van der Waals surface area (Å²) in [6.45, 7) is 0. The summed E-state index contributed by atoms with van der Waals surface area (Å²) in [6, 6.07) is 9.56. The highest BCUT2D eigenvalue weighted by Crippen LogP contribution is 2.22. The lowest BCUT2D eigenvalue weighted by Crippen LogP contribution is -2.08. The molecule has 2 rings (SSSR count). The van der Waals surface area contributed by atoms with Crippen molar-refractivity contribution in [2.45, 2.75) is 10.8 Å². The number of rotatable bonds is 4. The van der Waals surface area contributed by atoms with Crippen LogP contribution in [-0.4, -0.2) is 9.97 Å². The number of nitrogens with one attached hydrogen (secondary N) is 1. The van der Waals surface area contributed by atoms with Gasteiger partial charge in [-0.05, 0) is 17.7 Å². The van der Waals surface area contributed by atoms with E-state index in [0.717, 1.165) is 15.8 Å². The van der Waals surface area contributed by atoms with Gasteiger partial charge in [-0.1, -0.05) is 23.7 Å². The minimum Gasteiger partial charge on any atom is -0.308 e. The summed E-state index contributed by atoms with van der Waals surface area (Å²) in [6.07, 6.45) is 1.49. The lowest BCUT2D eigenvalue weighted by molar-refractivity contribution is 1.04. The van der Waals surface area contributed by atoms with E-state index in [-0.39, 0.29) is 0 Å². The Bertz CT molecular complexity index is 489. The summed E-state index contributed by atoms with van der Waals surface area (Å²) in [5.74, 6) is 6.72. The van der Waals surface area contributed by atoms with Crippen LogP contribution in [0.1, 0.15) is 5.56 Å². The molecule has 0 aliphatic heterocycles. The van der Waals surface area contributed by atoms with Crippen molar-refractivity contribution in [2.75, 3.05) is 5.43 Å². The Morgan fingerprint density at radius 1 is 1.24 bits per heavy atom. The summed E-state index contributed by atoms with van der Waals surface area (Å²) in [7, 11) is 0. The number of aromatic nitrogens is 2. The van der Waals surface area contributed by atoms with E-state index in [9.17, 15) is 0 Å². The molecule has 0 amide bonds. The molecule has 0 radical (unpaired) electrons. The molecule has 0 saturated carbocycles. The monoisotopic (exact) mass is 266 g/mol. The number of hydrazine groups is 1. The molecule has 1 heterocycles. The standard InChI is InChI=1S/C11H11ClN4S/c12-9-3-1-8(2-4-9)6-17-11-5-10(16-13)14-7-15-11/h1-5,7H,6,13H2,(H,14,15,16). The molecule has 6 heteroatoms. The normalized spacial score (nSPS) is 10.2. The molecule has 0 unspecified atom stereocenters. The molecule has 0 aliphatic rings. The molecule has 4 nitrogen and oxygen atoms in total. The maximum atomic E-state index is 5.82. The van der Waals surface area contributed by atoms with Gasteiger partial charge in [-0.25, -0.2) is 15.8 Å². The zero-order chi connectivity index (χ0) is 12.1. The third-order valence-electron chi connectivity index (χ3n) is 2.09. The Balaban J connectivity index is 1.99. The third kappa shape index (κ3) is 3.59. The minimum atomic E-state index is 0.610. The van der Waals surface area contributed by atoms with Gasteiger partial charge >= 0.3 is 0 Å². The summed E-state index contributed by atoms with van der Waals surface area (Å²) < 4.78 is 0. The van der Waals surface area contributed by atoms with E-state index in [1.807, 2.05) is 24.3 Å². The molecule has 0 fully saturated rings. The van der Waals surface area contributed by atoms with E-state index in [2.05, 4.69) is 15.4 Å². The van der Waals surface area contributed by atoms with Gasteiger partial charge in [-0.15, -0.1) is 11.8 Å². The lowest BCUT2D eigenvalue weighted by atomic mass is 10.2. The molecular formula is C11H11ClN4S. The van der Waals surface area contributed by atoms with Gasteiger partial charge < -0.3 is 5.43 Å². The van der Waals surface area contributed by atoms with Gasteiger partial charge in [0, 0.05) is 16.8 Å². The number of benzene rings is 1. The predicted molar refractivity (Wildman–Crippen MR) is 70.9 cm³/mol. The van der Waals surface area contributed by atoms with E-state index in [0.29, 0.717) is 5.82 Å². The zero-order valence-corrected chi connectivity index (χ0v) is 10.5. The number of nitrogens with zero attached hydrogens (tertiary/aromatic N) is 2. The van der Waals surface area contributed by atoms with Gasteiger partial charge in [0.25, 0.3) is 0 Å². The van der Waals surface area contributed by atoms with Gasteiger partial charge in [0.15, 0.2) is 0 Å². The Kier molecular flexibility index (Phi) is 4.19. The van der Waals surface area contributed by atoms with Crippen LogP contribution in [0.15, 0.2) is 41.7 Å². The number of hydrogen-bond donors (Lipinski definition) is 2. The second-order valence-corrected chi connectivity index (χ2v) is 4.73. The van der Waals surface area contributed by atoms with Crippen LogP contribution in [-0.2, 0) is 5.75 Å². The maximum absolute atomic E-state index is 5.82. The molecule has 0 saturated heterocycles. The zero-order valence-electron chi connectivity index (χ0n) is 8.93. The second kappa shape index (κ2) is 5.86. The highest BCUT2D eigenvalue weighted by Gasteiger charge is 2.00. The number of thioether (sulfide) groups is 1. The van der Waals surface area contributed by atoms with Crippen molar-refractivity contribution in [2.24, 2.45) is 5.84 Å². The van der Waals surface area contributed by atoms with E-state index in [4.69, 9.17) is 17.4 Å². The SMILES string of the molecule is NNc1cc(SCc2ccc(Cl)cc2)ncn1. The first-order valence-electron chi connectivity index (χ1n) is 4.94. The second-order valence-electron chi connectivity index (χ2n) is 3.30. The van der Waals surface area contributed by atoms with Gasteiger partial charge in [-0.3, -0.25) is 0 Å². The van der Waals surface area contributed by atoms with Crippen LogP contribution in [0.25, 0.3) is 0 Å². The summed E-state index contributed by atoms with van der Waals surface area (Å²) in [5.41, 5.74) is 3.69. The van der Waals surface area contributed by atoms with Crippen LogP contribution in [0.4, 0.5) is 5.82 Å². The molecule has 2 aromatic rings. The van der Waals surface area contributed by atoms with Crippen molar-refractivity contribution in [3.05, 3.63) is 47.2 Å². The molecule has 3 N–H and O–H groups in total. The van der Waals surface area contributed by atoms with E-state index in [1.165, 1.54) is 11.9 Å². The van der Waals surface area contributed by atoms with Crippen LogP contribution in [0.3, 0.4) is 0 Å². The van der Waals surface area contributed by atoms with E-state index in [1.54, 1.807) is 17.8 Å². The van der Waals surface area contributed by atoms with Gasteiger partial charge in [0.1, 0.15) is 17.2 Å². The molecule has 0 spiro atoms. The fourth-order valence-corrected chi connectivity index (χ4v) is 2.18. The van der Waals surface area contributed by atoms with Crippen LogP contribution >= 0.6 is 23.4 Å². The Hall–Kier alpha value is -1.30. The quantitative estimate of drug-likeness (QED) is 0.386. The highest BCUT2D eigenvalue weighted by molar-refractivity contribution is 7.98. The predicted octanol–water partition coefficient (Wildman–Crippen LogP) is 2.71. The van der Waals surface area contributed by atoms with E-state index < -0.39 is 0 Å². The molecule has 0 aliphatic carbocycles. The summed E-state index contributed by atoms with van der Waals surface area (Å²) >= 11 is 7.44. The molecule has 17 heavy (non-hydrogen) atoms. The maximum Gasteiger partial charge on any atom is 0.144 e. The first-order valence-corrected chi connectivity index (χ1v) is 6.30. The summed E-state index contributed by atoms with van der Waals surface area (Å²) in [5, 5.41) is 1.62. The Morgan fingerprint density at radius 3 is 2.71 bits per heavy atom. The summed E-state index contributed by atoms with van der Waals surface area (Å²) in [4.78, 5) is 8.10. The van der Waals surface area contributed by atoms with Gasteiger partial charge in [-0.2, -0.15) is 0 Å². The van der Waals surface area contributed by atoms with Crippen LogP contribution < -0.4 is 11.3 Å². The van der Waals surface area contributed by atoms with Gasteiger partial charge in [0.05, 0.1) is 0 Å². The van der Waals surface area contributed by atoms with Crippen LogP contribution in [0.2, 0.25) is 5.02 Å². The molecule has 88 valence electrons. The Labute approximate surface area is 109 Å². The molecule has 1 aromatic carbocycles. The minimum absolute atomic E-state index is 0.610. The topological polar surface area (TPSA) is 63.8 Å². The van der Waals surface area contributed by atoms with Crippen molar-refractivity contribution in [1.82, 2.24) is 9.97 Å². The van der Waals surface area contributed by atoms with Crippen molar-refractivity contribution < 1.29 is 0 Å². The van der Waals surface area contributed by atoms with Crippen LogP contribution in [0.5, 0.6) is 0 Å². The van der Waals surface area contributed by atoms with E-state index >= 15 is 0 Å². The van der Waals surface area contributed by atoms with Gasteiger partial charge in [0.2, 0.25) is 0 Å². The van der Waals surface area contributed by atoms with Crippen molar-refractivity contribution in [1.29, 1.82) is 0 Å². The molecule has 0 bridgehead atoms. The van der Waals surface area contributed by atoms with Crippen molar-refractivity contribution >= 4 is 29.2 Å². The molecular weight excluding hydrogens is 256 g/mol. The average Bonchev–Trinajstić information content (AvgIpc) is 2.38. The van der Waals surface area contributed by atoms with Crippen molar-refractivity contribution in [3.63, 3.8) is 0 Å². The number of anilines is 1. The smallest absolute Gasteiger partial charge is 0.144 e. The molecule has 1 aromatic heterocycles. The largest absolute Gasteiger partial charge is 0.308 e. The first-order chi connectivity index (χ1) is 8.28. The fraction of sp³-hybridized carbons (Fsp3) is 0.0909. The number of halogens is 1. The Morgan fingerprint density at radius 2 is 2.00 bits per heavy atom. The fourth-order valence-electron chi connectivity index (χ4n) is 1.24. The third-order valence-corrected chi connectivity index (χ3v) is 3.34. The number of nitrogens with two attached hydrogens (primary N) is 1. The van der Waals surface area contributed by atoms with Crippen LogP contribution in [0, 0.1) is 0 Å². The first kappa shape index (κ1) is 12.2. The highest BCUT2D eigenvalue weighted by atomic mass is 35.5. The lowest BCUT2D eigenvalue weighted by Gasteiger charge is -2.03. The molecule has 0 atom stereocenters. The average molecular weight is 267 g/mol. The number of hydrogen-bond acceptors (Lipinski definition) is 5. The number of nitrogen functional groups attached to an aromatic ring is 1.